The number of esters is 1. The molecule has 0 unspecified atom stereocenters. The van der Waals surface area contributed by atoms with Crippen LogP contribution in [0.1, 0.15) is 347 Å². The smallest absolute Gasteiger partial charge is 0.425 e. The monoisotopic (exact) mass is 1680 g/mol. The number of rotatable bonds is 17. The molecule has 0 radical (unpaired) electrons. The third-order valence-electron chi connectivity index (χ3n) is 40.9. The maximum atomic E-state index is 13.4. The van der Waals surface area contributed by atoms with Crippen molar-refractivity contribution in [3.05, 3.63) is 0 Å². The summed E-state index contributed by atoms with van der Waals surface area (Å²) in [4.78, 5) is 84.5. The minimum atomic E-state index is -3.11. The van der Waals surface area contributed by atoms with E-state index >= 15 is 0 Å². The van der Waals surface area contributed by atoms with Crippen LogP contribution in [0.15, 0.2) is 0 Å². The molecular formula is C99H161NO18S. The van der Waals surface area contributed by atoms with Crippen LogP contribution in [-0.4, -0.2) is 134 Å². The number of methoxy groups -OCH3 is 1. The number of fused-ring (bicyclic) bond motifs is 20. The SMILES string of the molecule is CCNC(=O)CC[C@@H](C)[C@H]1CC[C@H]2[C@@H]3[C@@H](O)C[C@@H]4C[C@H](O)CC[C@]4(C)[C@H]3CC[C@]12C.COC(=O)CC[C@@H](C)[C@H]1CC[C@H]2[C@@H]3C(=O)C[C@@H]4CC(=O)CC[C@]4(C)[C@H]3CC[C@]12C.C[C@H](CCC(=O)O)[C@H]1CC[C@H]2[C@@H]3C(=O)C[C@@H]4C[C@H](O)CC[C@]4(C)[C@H]3CC[C@]12C.C[C@H](CCC(=O)O)[C@H]1CC[C@H]2[C@@H]3[C@@H](O)C[C@@H]4C[C@H](O)CC[C@]4(C)[C@H]3CC[C@]12C.O=S(=O)=O. The molecule has 19 nitrogen and oxygen atoms in total. The fourth-order valence-corrected chi connectivity index (χ4v) is 34.5. The van der Waals surface area contributed by atoms with E-state index in [2.05, 4.69) is 88.4 Å². The zero-order valence-corrected chi connectivity index (χ0v) is 76.6. The number of Topliss-reactive ketones (excluding diaryl/α,β-unsaturated/α-hetero) is 3. The number of hydrogen-bond donors (Lipinski definition) is 8. The Labute approximate surface area is 716 Å². The number of nitrogens with one attached hydrogen (secondary N) is 1. The maximum Gasteiger partial charge on any atom is 0.425 e. The van der Waals surface area contributed by atoms with Gasteiger partial charge in [0.2, 0.25) is 5.91 Å². The van der Waals surface area contributed by atoms with Gasteiger partial charge in [-0.3, -0.25) is 33.6 Å². The van der Waals surface area contributed by atoms with Gasteiger partial charge in [0.15, 0.2) is 0 Å². The van der Waals surface area contributed by atoms with Crippen LogP contribution in [0, 0.1) is 185 Å². The van der Waals surface area contributed by atoms with E-state index in [1.54, 1.807) is 0 Å². The summed E-state index contributed by atoms with van der Waals surface area (Å²) in [5.41, 5.74) is 1.90. The van der Waals surface area contributed by atoms with Crippen molar-refractivity contribution in [2.24, 2.45) is 185 Å². The summed E-state index contributed by atoms with van der Waals surface area (Å²) in [5.74, 6) is 11.3. The Morgan fingerprint density at radius 2 is 0.697 bits per heavy atom. The second-order valence-corrected chi connectivity index (χ2v) is 46.3. The number of aliphatic hydroxyl groups excluding tert-OH is 5. The normalized spacial score (nSPS) is 47.3. The molecule has 16 aliphatic rings. The molecule has 16 saturated carbocycles. The Hall–Kier alpha value is -3.69. The van der Waals surface area contributed by atoms with Crippen LogP contribution in [-0.2, 0) is 48.9 Å². The molecule has 676 valence electrons. The Morgan fingerprint density at radius 3 is 1.08 bits per heavy atom. The number of amides is 1. The number of carboxylic acid groups (broad SMARTS) is 2. The van der Waals surface area contributed by atoms with E-state index in [0.717, 1.165) is 135 Å². The lowest BCUT2D eigenvalue weighted by Gasteiger charge is -2.62. The van der Waals surface area contributed by atoms with Gasteiger partial charge < -0.3 is 45.8 Å². The maximum absolute atomic E-state index is 13.4. The summed E-state index contributed by atoms with van der Waals surface area (Å²) in [6.07, 6.45) is 37.1. The molecule has 0 aromatic heterocycles. The Bertz CT molecular complexity index is 3720. The van der Waals surface area contributed by atoms with Crippen molar-refractivity contribution in [1.82, 2.24) is 5.32 Å². The van der Waals surface area contributed by atoms with Crippen molar-refractivity contribution in [3.8, 4) is 0 Å². The molecular weight excluding hydrogens is 1520 g/mol. The van der Waals surface area contributed by atoms with E-state index in [0.29, 0.717) is 198 Å². The zero-order chi connectivity index (χ0) is 86.8. The van der Waals surface area contributed by atoms with Crippen molar-refractivity contribution < 1.29 is 86.7 Å². The van der Waals surface area contributed by atoms with Crippen LogP contribution in [0.5, 0.6) is 0 Å². The third-order valence-corrected chi connectivity index (χ3v) is 40.9. The molecule has 37 atom stereocenters. The van der Waals surface area contributed by atoms with Crippen molar-refractivity contribution in [1.29, 1.82) is 0 Å². The number of carboxylic acids is 2. The highest BCUT2D eigenvalue weighted by Crippen LogP contribution is 2.74. The lowest BCUT2D eigenvalue weighted by atomic mass is 9.43. The average molecular weight is 1690 g/mol. The number of ether oxygens (including phenoxy) is 1. The number of hydrogen-bond acceptors (Lipinski definition) is 16. The summed E-state index contributed by atoms with van der Waals surface area (Å²) in [6.45, 7) is 31.4. The van der Waals surface area contributed by atoms with Crippen LogP contribution in [0.2, 0.25) is 0 Å². The molecule has 8 N–H and O–H groups in total. The highest BCUT2D eigenvalue weighted by atomic mass is 32.2. The van der Waals surface area contributed by atoms with Gasteiger partial charge >= 0.3 is 28.5 Å². The molecule has 20 heteroatoms. The predicted octanol–water partition coefficient (Wildman–Crippen LogP) is 17.7. The molecule has 16 rings (SSSR count). The first-order chi connectivity index (χ1) is 56.0. The molecule has 0 heterocycles. The molecule has 0 aliphatic heterocycles. The molecule has 0 bridgehead atoms. The molecule has 0 aromatic rings. The average Bonchev–Trinajstić information content (AvgIpc) is 1.71. The number of aliphatic hydroxyl groups is 5. The van der Waals surface area contributed by atoms with E-state index in [-0.39, 0.29) is 105 Å². The van der Waals surface area contributed by atoms with E-state index in [9.17, 15) is 59.1 Å². The largest absolute Gasteiger partial charge is 0.481 e. The summed E-state index contributed by atoms with van der Waals surface area (Å²) >= 11 is 0. The Kier molecular flexibility index (Phi) is 29.6. The van der Waals surface area contributed by atoms with Crippen LogP contribution >= 0.6 is 0 Å². The lowest BCUT2D eigenvalue weighted by molar-refractivity contribution is -0.174. The first-order valence-electron chi connectivity index (χ1n) is 48.5. The van der Waals surface area contributed by atoms with Gasteiger partial charge in [0.1, 0.15) is 17.3 Å². The standard InChI is InChI=1S/C26H45NO3.C25H38O4.C24H40O4.C24H38O4.O3S/c1-5-27-23(30)9-6-16(2)19-7-8-20-24-21(11-13-26(19,20)4)25(3)12-10-18(28)14-17(25)15-22(24)29;1-15(5-8-22(28)29-4)18-6-7-19-23-20(10-12-25(18,19)3)24(2)11-9-17(26)13-16(24)14-21(23)27;2*1-14(4-7-21(27)28)17-5-6-18-22-19(9-11-24(17,18)3)23(2)10-8-16(25)12-15(23)13-20(22)26;1-4(2)3/h16-22,24,28-29H,5-15H2,1-4H3,(H,27,30);15-16,18-20,23H,5-14H2,1-4H3;14-20,22,25-26H,4-13H2,1-3H3,(H,27,28);14-19,22,25H,4-13H2,1-3H3,(H,27,28);/t16-,17+,18-,19-,20+,21+,22+,24+,25+,26-;15-,16+,18-,19+,20+,23+,24+,25-;14-,15+,16-,17-,18+,19+,20+,22+,23+,24-;14-,15+,16-,17-,18+,19+,22+,23+,24-;/m1111./s1. The summed E-state index contributed by atoms with van der Waals surface area (Å²) < 4.78 is 30.2. The highest BCUT2D eigenvalue weighted by Gasteiger charge is 2.69. The van der Waals surface area contributed by atoms with E-state index in [1.807, 2.05) is 6.92 Å². The van der Waals surface area contributed by atoms with Gasteiger partial charge in [-0.25, -0.2) is 0 Å². The molecule has 119 heavy (non-hydrogen) atoms. The van der Waals surface area contributed by atoms with Crippen LogP contribution in [0.4, 0.5) is 0 Å². The molecule has 16 aliphatic carbocycles. The number of carbonyl (C=O) groups excluding carboxylic acids is 5. The number of aliphatic carboxylic acids is 2. The highest BCUT2D eigenvalue weighted by molar-refractivity contribution is 7.59. The predicted molar refractivity (Wildman–Crippen MR) is 457 cm³/mol. The van der Waals surface area contributed by atoms with Gasteiger partial charge in [0.25, 0.3) is 0 Å². The van der Waals surface area contributed by atoms with Gasteiger partial charge in [-0.2, -0.15) is 0 Å². The topological polar surface area (TPSA) is 334 Å². The third kappa shape index (κ3) is 18.2. The minimum absolute atomic E-state index is 0.117. The Morgan fingerprint density at radius 1 is 0.395 bits per heavy atom. The van der Waals surface area contributed by atoms with E-state index < -0.39 is 22.5 Å². The van der Waals surface area contributed by atoms with Gasteiger partial charge in [-0.1, -0.05) is 83.1 Å². The molecule has 0 saturated heterocycles. The fourth-order valence-electron chi connectivity index (χ4n) is 34.5. The summed E-state index contributed by atoms with van der Waals surface area (Å²) in [7, 11) is -1.65. The van der Waals surface area contributed by atoms with Gasteiger partial charge in [0.05, 0.1) is 37.6 Å². The van der Waals surface area contributed by atoms with Crippen molar-refractivity contribution in [2.75, 3.05) is 13.7 Å². The van der Waals surface area contributed by atoms with Crippen molar-refractivity contribution >= 4 is 51.8 Å². The van der Waals surface area contributed by atoms with E-state index in [1.165, 1.54) is 77.7 Å². The van der Waals surface area contributed by atoms with E-state index in [4.69, 9.17) is 27.6 Å². The fraction of sp³-hybridized carbons (Fsp3) is 0.929. The second kappa shape index (κ2) is 37.3. The summed E-state index contributed by atoms with van der Waals surface area (Å²) in [5, 5.41) is 74.3. The zero-order valence-electron chi connectivity index (χ0n) is 75.8. The Balaban J connectivity index is 0.000000143. The van der Waals surface area contributed by atoms with Crippen molar-refractivity contribution in [3.63, 3.8) is 0 Å². The number of ketones is 3. The lowest BCUT2D eigenvalue weighted by Crippen LogP contribution is -2.58. The first kappa shape index (κ1) is 94.4. The van der Waals surface area contributed by atoms with Gasteiger partial charge in [-0.15, -0.1) is 12.6 Å². The quantitative estimate of drug-likeness (QED) is 0.0627. The van der Waals surface area contributed by atoms with Crippen LogP contribution in [0.25, 0.3) is 0 Å². The molecule has 1 amide bonds. The second-order valence-electron chi connectivity index (χ2n) is 45.8. The molecule has 0 aromatic carbocycles. The van der Waals surface area contributed by atoms with Gasteiger partial charge in [-0.05, 0) is 386 Å². The van der Waals surface area contributed by atoms with Crippen molar-refractivity contribution in [2.45, 2.75) is 377 Å². The van der Waals surface area contributed by atoms with Gasteiger partial charge in [0, 0.05) is 69.7 Å². The number of carbonyl (C=O) groups is 7. The minimum Gasteiger partial charge on any atom is -0.481 e. The molecule has 0 spiro atoms. The summed E-state index contributed by atoms with van der Waals surface area (Å²) in [6, 6.07) is 0. The van der Waals surface area contributed by atoms with Crippen LogP contribution in [0.3, 0.4) is 0 Å². The van der Waals surface area contributed by atoms with Crippen LogP contribution < -0.4 is 5.32 Å². The molecule has 16 fully saturated rings. The first-order valence-corrected chi connectivity index (χ1v) is 49.5.